The molecule has 0 atom stereocenters. The Morgan fingerprint density at radius 1 is 1.06 bits per heavy atom. The van der Waals surface area contributed by atoms with E-state index in [4.69, 9.17) is 0 Å². The van der Waals surface area contributed by atoms with Crippen LogP contribution in [0, 0.1) is 0 Å². The number of hydrogen-bond acceptors (Lipinski definition) is 3. The van der Waals surface area contributed by atoms with Crippen LogP contribution in [0.15, 0.2) is 0 Å². The molecule has 3 heteroatoms. The minimum Gasteiger partial charge on any atom is -0.318 e. The summed E-state index contributed by atoms with van der Waals surface area (Å²) in [5, 5.41) is 3.32. The van der Waals surface area contributed by atoms with Gasteiger partial charge in [0.25, 0.3) is 0 Å². The molecule has 0 bridgehead atoms. The minimum atomic E-state index is 0.302. The Balaban J connectivity index is 1.80. The molecule has 1 saturated carbocycles. The first-order valence-corrected chi connectivity index (χ1v) is 7.27. The standard InChI is InChI=1S/C14H29N3/c1-14(2,12-15-3)17-10-8-16(9-11-17)13-6-4-5-7-13/h13,15H,4-12H2,1-3H3. The zero-order valence-electron chi connectivity index (χ0n) is 11.8. The molecule has 2 rings (SSSR count). The fourth-order valence-electron chi connectivity index (χ4n) is 3.51. The highest BCUT2D eigenvalue weighted by Crippen LogP contribution is 2.25. The predicted octanol–water partition coefficient (Wildman–Crippen LogP) is 1.54. The van der Waals surface area contributed by atoms with Gasteiger partial charge in [-0.1, -0.05) is 12.8 Å². The third-order valence-electron chi connectivity index (χ3n) is 4.62. The second kappa shape index (κ2) is 5.68. The van der Waals surface area contributed by atoms with E-state index >= 15 is 0 Å². The number of piperazine rings is 1. The molecule has 1 heterocycles. The lowest BCUT2D eigenvalue weighted by molar-refractivity contribution is 0.0359. The maximum atomic E-state index is 3.32. The van der Waals surface area contributed by atoms with E-state index in [9.17, 15) is 0 Å². The van der Waals surface area contributed by atoms with Gasteiger partial charge in [0.05, 0.1) is 0 Å². The molecule has 2 fully saturated rings. The molecule has 3 nitrogen and oxygen atoms in total. The molecule has 1 saturated heterocycles. The van der Waals surface area contributed by atoms with Crippen molar-refractivity contribution in [2.45, 2.75) is 51.1 Å². The molecule has 0 aromatic rings. The predicted molar refractivity (Wildman–Crippen MR) is 73.4 cm³/mol. The molecule has 17 heavy (non-hydrogen) atoms. The monoisotopic (exact) mass is 239 g/mol. The number of likely N-dealkylation sites (N-methyl/N-ethyl adjacent to an activating group) is 1. The van der Waals surface area contributed by atoms with Crippen molar-refractivity contribution in [3.8, 4) is 0 Å². The lowest BCUT2D eigenvalue weighted by Crippen LogP contribution is -2.58. The van der Waals surface area contributed by atoms with Crippen molar-refractivity contribution < 1.29 is 0 Å². The summed E-state index contributed by atoms with van der Waals surface area (Å²) in [6, 6.07) is 0.907. The van der Waals surface area contributed by atoms with Crippen molar-refractivity contribution in [3.05, 3.63) is 0 Å². The Morgan fingerprint density at radius 2 is 1.65 bits per heavy atom. The van der Waals surface area contributed by atoms with Crippen LogP contribution in [0.5, 0.6) is 0 Å². The first-order valence-electron chi connectivity index (χ1n) is 7.27. The molecule has 0 aromatic carbocycles. The smallest absolute Gasteiger partial charge is 0.0278 e. The summed E-state index contributed by atoms with van der Waals surface area (Å²) in [5.74, 6) is 0. The van der Waals surface area contributed by atoms with E-state index in [-0.39, 0.29) is 0 Å². The molecular weight excluding hydrogens is 210 g/mol. The maximum absolute atomic E-state index is 3.32. The van der Waals surface area contributed by atoms with Crippen LogP contribution in [-0.4, -0.2) is 61.2 Å². The summed E-state index contributed by atoms with van der Waals surface area (Å²) in [6.45, 7) is 10.8. The van der Waals surface area contributed by atoms with Gasteiger partial charge in [-0.15, -0.1) is 0 Å². The van der Waals surface area contributed by atoms with Gasteiger partial charge in [0.15, 0.2) is 0 Å². The van der Waals surface area contributed by atoms with Crippen LogP contribution in [0.4, 0.5) is 0 Å². The molecular formula is C14H29N3. The van der Waals surface area contributed by atoms with Crippen LogP contribution in [-0.2, 0) is 0 Å². The van der Waals surface area contributed by atoms with Crippen molar-refractivity contribution in [1.82, 2.24) is 15.1 Å². The van der Waals surface area contributed by atoms with Gasteiger partial charge in [0, 0.05) is 44.3 Å². The van der Waals surface area contributed by atoms with Gasteiger partial charge in [-0.25, -0.2) is 0 Å². The summed E-state index contributed by atoms with van der Waals surface area (Å²) in [5.41, 5.74) is 0.302. The molecule has 0 aromatic heterocycles. The van der Waals surface area contributed by atoms with Gasteiger partial charge in [-0.3, -0.25) is 9.80 Å². The number of hydrogen-bond donors (Lipinski definition) is 1. The average molecular weight is 239 g/mol. The van der Waals surface area contributed by atoms with Gasteiger partial charge in [0.2, 0.25) is 0 Å². The van der Waals surface area contributed by atoms with Crippen LogP contribution >= 0.6 is 0 Å². The Kier molecular flexibility index (Phi) is 4.45. The van der Waals surface area contributed by atoms with Gasteiger partial charge in [0.1, 0.15) is 0 Å². The van der Waals surface area contributed by atoms with Crippen molar-refractivity contribution >= 4 is 0 Å². The largest absolute Gasteiger partial charge is 0.318 e. The number of rotatable bonds is 4. The normalized spacial score (nSPS) is 25.6. The molecule has 1 aliphatic heterocycles. The van der Waals surface area contributed by atoms with Crippen LogP contribution in [0.3, 0.4) is 0 Å². The van der Waals surface area contributed by atoms with Gasteiger partial charge in [-0.05, 0) is 33.7 Å². The average Bonchev–Trinajstić information content (AvgIpc) is 2.82. The SMILES string of the molecule is CNCC(C)(C)N1CCN(C2CCCC2)CC1. The van der Waals surface area contributed by atoms with E-state index in [0.717, 1.165) is 12.6 Å². The van der Waals surface area contributed by atoms with Crippen molar-refractivity contribution in [1.29, 1.82) is 0 Å². The molecule has 100 valence electrons. The van der Waals surface area contributed by atoms with E-state index in [1.807, 2.05) is 0 Å². The summed E-state index contributed by atoms with van der Waals surface area (Å²) < 4.78 is 0. The van der Waals surface area contributed by atoms with Crippen LogP contribution in [0.25, 0.3) is 0 Å². The molecule has 0 amide bonds. The van der Waals surface area contributed by atoms with Crippen molar-refractivity contribution in [2.75, 3.05) is 39.8 Å². The Hall–Kier alpha value is -0.120. The minimum absolute atomic E-state index is 0.302. The zero-order valence-corrected chi connectivity index (χ0v) is 11.8. The molecule has 1 N–H and O–H groups in total. The molecule has 1 aliphatic carbocycles. The summed E-state index contributed by atoms with van der Waals surface area (Å²) in [7, 11) is 2.05. The van der Waals surface area contributed by atoms with Gasteiger partial charge < -0.3 is 5.32 Å². The van der Waals surface area contributed by atoms with E-state index in [0.29, 0.717) is 5.54 Å². The lowest BCUT2D eigenvalue weighted by atomic mass is 10.0. The van der Waals surface area contributed by atoms with Crippen molar-refractivity contribution in [2.24, 2.45) is 0 Å². The third-order valence-corrected chi connectivity index (χ3v) is 4.62. The van der Waals surface area contributed by atoms with Gasteiger partial charge in [-0.2, -0.15) is 0 Å². The molecule has 2 aliphatic rings. The Labute approximate surface area is 107 Å². The van der Waals surface area contributed by atoms with Crippen molar-refractivity contribution in [3.63, 3.8) is 0 Å². The fourth-order valence-corrected chi connectivity index (χ4v) is 3.51. The summed E-state index contributed by atoms with van der Waals surface area (Å²) >= 11 is 0. The van der Waals surface area contributed by atoms with E-state index in [2.05, 4.69) is 36.0 Å². The van der Waals surface area contributed by atoms with Crippen LogP contribution < -0.4 is 5.32 Å². The summed E-state index contributed by atoms with van der Waals surface area (Å²) in [4.78, 5) is 5.38. The molecule has 0 spiro atoms. The number of nitrogens with one attached hydrogen (secondary N) is 1. The first kappa shape index (κ1) is 13.3. The highest BCUT2D eigenvalue weighted by atomic mass is 15.3. The summed E-state index contributed by atoms with van der Waals surface area (Å²) in [6.07, 6.45) is 5.80. The second-order valence-electron chi connectivity index (χ2n) is 6.30. The maximum Gasteiger partial charge on any atom is 0.0278 e. The fraction of sp³-hybridized carbons (Fsp3) is 1.00. The van der Waals surface area contributed by atoms with E-state index in [1.165, 1.54) is 51.9 Å². The topological polar surface area (TPSA) is 18.5 Å². The quantitative estimate of drug-likeness (QED) is 0.803. The van der Waals surface area contributed by atoms with Crippen LogP contribution in [0.2, 0.25) is 0 Å². The van der Waals surface area contributed by atoms with E-state index < -0.39 is 0 Å². The Morgan fingerprint density at radius 3 is 2.18 bits per heavy atom. The lowest BCUT2D eigenvalue weighted by Gasteiger charge is -2.45. The zero-order chi connectivity index (χ0) is 12.3. The Bertz CT molecular complexity index is 226. The highest BCUT2D eigenvalue weighted by Gasteiger charge is 2.32. The molecule has 0 unspecified atom stereocenters. The van der Waals surface area contributed by atoms with Crippen LogP contribution in [0.1, 0.15) is 39.5 Å². The third kappa shape index (κ3) is 3.21. The van der Waals surface area contributed by atoms with Gasteiger partial charge >= 0.3 is 0 Å². The second-order valence-corrected chi connectivity index (χ2v) is 6.30. The number of nitrogens with zero attached hydrogens (tertiary/aromatic N) is 2. The highest BCUT2D eigenvalue weighted by molar-refractivity contribution is 4.89. The first-order chi connectivity index (χ1) is 8.13. The molecule has 0 radical (unpaired) electrons. The van der Waals surface area contributed by atoms with E-state index in [1.54, 1.807) is 0 Å².